The molecule has 1 fully saturated rings. The lowest BCUT2D eigenvalue weighted by atomic mass is 9.98. The van der Waals surface area contributed by atoms with E-state index in [-0.39, 0.29) is 40.0 Å². The summed E-state index contributed by atoms with van der Waals surface area (Å²) in [5, 5.41) is 20.5. The molecular formula is C17H23N11O8S2. The Kier molecular flexibility index (Phi) is 7.83. The first-order chi connectivity index (χ1) is 17.6. The molecule has 2 unspecified atom stereocenters. The molecular weight excluding hydrogens is 550 g/mol. The van der Waals surface area contributed by atoms with Crippen LogP contribution in [0.25, 0.3) is 0 Å². The van der Waals surface area contributed by atoms with Crippen molar-refractivity contribution in [1.29, 1.82) is 0 Å². The Labute approximate surface area is 218 Å². The number of nitrogens with two attached hydrogens (primary N) is 3. The van der Waals surface area contributed by atoms with E-state index in [4.69, 9.17) is 22.0 Å². The average molecular weight is 574 g/mol. The maximum atomic E-state index is 13.1. The molecule has 206 valence electrons. The molecule has 0 aromatic carbocycles. The van der Waals surface area contributed by atoms with Gasteiger partial charge in [0.05, 0.1) is 12.6 Å². The van der Waals surface area contributed by atoms with Crippen LogP contribution in [-0.4, -0.2) is 89.3 Å². The second kappa shape index (κ2) is 10.5. The number of aromatic nitrogens is 4. The lowest BCUT2D eigenvalue weighted by molar-refractivity contribution is -0.161. The molecule has 1 aliphatic heterocycles. The topological polar surface area (TPSA) is 297 Å². The van der Waals surface area contributed by atoms with Gasteiger partial charge >= 0.3 is 16.3 Å². The maximum Gasteiger partial charge on any atom is 0.362 e. The minimum Gasteiger partial charge on any atom is -0.478 e. The fourth-order valence-corrected chi connectivity index (χ4v) is 4.47. The predicted molar refractivity (Wildman–Crippen MR) is 130 cm³/mol. The molecule has 1 aliphatic rings. The van der Waals surface area contributed by atoms with Crippen molar-refractivity contribution >= 4 is 56.2 Å². The number of guanidine groups is 1. The quantitative estimate of drug-likeness (QED) is 0.0509. The number of nitrogen functional groups attached to an aromatic ring is 1. The third kappa shape index (κ3) is 6.12. The van der Waals surface area contributed by atoms with Crippen LogP contribution >= 0.6 is 11.3 Å². The molecule has 0 radical (unpaired) electrons. The monoisotopic (exact) mass is 573 g/mol. The van der Waals surface area contributed by atoms with E-state index < -0.39 is 51.5 Å². The molecule has 21 heteroatoms. The fraction of sp³-hybridized carbons (Fsp3) is 0.412. The highest BCUT2D eigenvalue weighted by molar-refractivity contribution is 7.84. The van der Waals surface area contributed by atoms with Crippen molar-refractivity contribution in [3.05, 3.63) is 23.2 Å². The molecule has 2 atom stereocenters. The molecule has 0 bridgehead atoms. The number of aliphatic imine (C=N–C) groups is 1. The third-order valence-corrected chi connectivity index (χ3v) is 6.64. The zero-order valence-corrected chi connectivity index (χ0v) is 21.4. The van der Waals surface area contributed by atoms with Gasteiger partial charge in [-0.2, -0.15) is 13.5 Å². The molecule has 9 N–H and O–H groups in total. The van der Waals surface area contributed by atoms with Crippen LogP contribution in [0.2, 0.25) is 0 Å². The maximum absolute atomic E-state index is 13.1. The van der Waals surface area contributed by atoms with Crippen LogP contribution in [0.4, 0.5) is 5.13 Å². The van der Waals surface area contributed by atoms with E-state index >= 15 is 0 Å². The summed E-state index contributed by atoms with van der Waals surface area (Å²) in [5.74, 6) is -3.69. The van der Waals surface area contributed by atoms with Gasteiger partial charge in [-0.05, 0) is 13.8 Å². The Morgan fingerprint density at radius 3 is 2.58 bits per heavy atom. The number of carbonyl (C=O) groups excluding carboxylic acids is 2. The van der Waals surface area contributed by atoms with Gasteiger partial charge in [0, 0.05) is 5.38 Å². The summed E-state index contributed by atoms with van der Waals surface area (Å²) in [7, 11) is -5.03. The molecule has 3 heterocycles. The Morgan fingerprint density at radius 1 is 1.34 bits per heavy atom. The van der Waals surface area contributed by atoms with Gasteiger partial charge in [-0.3, -0.25) is 14.1 Å². The molecule has 2 aromatic heterocycles. The molecule has 0 spiro atoms. The van der Waals surface area contributed by atoms with Crippen molar-refractivity contribution in [3.8, 4) is 0 Å². The van der Waals surface area contributed by atoms with E-state index in [0.717, 1.165) is 17.7 Å². The fourth-order valence-electron chi connectivity index (χ4n) is 3.05. The van der Waals surface area contributed by atoms with Crippen LogP contribution in [0.5, 0.6) is 0 Å². The van der Waals surface area contributed by atoms with Crippen LogP contribution < -0.4 is 22.5 Å². The van der Waals surface area contributed by atoms with Crippen LogP contribution in [0.15, 0.2) is 21.9 Å². The van der Waals surface area contributed by atoms with Crippen molar-refractivity contribution in [2.75, 3.05) is 5.73 Å². The zero-order chi connectivity index (χ0) is 28.4. The van der Waals surface area contributed by atoms with Gasteiger partial charge in [0.2, 0.25) is 5.60 Å². The third-order valence-electron chi connectivity index (χ3n) is 5.02. The van der Waals surface area contributed by atoms with Crippen molar-refractivity contribution in [3.63, 3.8) is 0 Å². The molecule has 0 saturated carbocycles. The van der Waals surface area contributed by atoms with E-state index in [2.05, 4.69) is 30.5 Å². The number of nitrogens with zero attached hydrogens (tertiary/aromatic N) is 7. The van der Waals surface area contributed by atoms with Gasteiger partial charge in [-0.15, -0.1) is 11.3 Å². The zero-order valence-electron chi connectivity index (χ0n) is 19.7. The first-order valence-electron chi connectivity index (χ1n) is 10.4. The number of aliphatic carboxylic acids is 1. The summed E-state index contributed by atoms with van der Waals surface area (Å²) in [4.78, 5) is 53.8. The van der Waals surface area contributed by atoms with E-state index in [0.29, 0.717) is 0 Å². The van der Waals surface area contributed by atoms with E-state index in [1.807, 2.05) is 0 Å². The number of β-lactam (4-membered cyclic amide) rings is 1. The van der Waals surface area contributed by atoms with Crippen molar-refractivity contribution in [2.45, 2.75) is 44.6 Å². The average Bonchev–Trinajstić information content (AvgIpc) is 3.43. The SMILES string of the molecule is CC(C)(ON=C(C(=O)NC1C(=O)N(S(=O)(=O)O)C1Cn1ncnc1CN=C(N)N)c1csc(N)n1)C(=O)O. The van der Waals surface area contributed by atoms with Gasteiger partial charge in [0.1, 0.15) is 30.4 Å². The number of hydrogen-bond acceptors (Lipinski definition) is 13. The number of oxime groups is 1. The highest BCUT2D eigenvalue weighted by Gasteiger charge is 2.54. The highest BCUT2D eigenvalue weighted by atomic mass is 32.2. The van der Waals surface area contributed by atoms with Crippen LogP contribution in [0, 0.1) is 0 Å². The van der Waals surface area contributed by atoms with Gasteiger partial charge in [0.25, 0.3) is 11.8 Å². The summed E-state index contributed by atoms with van der Waals surface area (Å²) < 4.78 is 34.6. The minimum atomic E-state index is -5.03. The van der Waals surface area contributed by atoms with Gasteiger partial charge < -0.3 is 32.5 Å². The molecule has 38 heavy (non-hydrogen) atoms. The van der Waals surface area contributed by atoms with E-state index in [1.54, 1.807) is 0 Å². The molecule has 0 aliphatic carbocycles. The molecule has 1 saturated heterocycles. The summed E-state index contributed by atoms with van der Waals surface area (Å²) in [6, 6.07) is -2.86. The normalized spacial score (nSPS) is 18.0. The minimum absolute atomic E-state index is 0.0487. The number of amides is 2. The van der Waals surface area contributed by atoms with Gasteiger partial charge in [-0.25, -0.2) is 28.7 Å². The Balaban J connectivity index is 1.90. The van der Waals surface area contributed by atoms with Crippen LogP contribution in [0.1, 0.15) is 25.4 Å². The Bertz CT molecular complexity index is 1410. The number of carboxylic acid groups (broad SMARTS) is 1. The molecule has 2 amide bonds. The van der Waals surface area contributed by atoms with Crippen LogP contribution in [0.3, 0.4) is 0 Å². The first kappa shape index (κ1) is 28.2. The molecule has 2 aromatic rings. The van der Waals surface area contributed by atoms with Crippen LogP contribution in [-0.2, 0) is 42.6 Å². The lowest BCUT2D eigenvalue weighted by Gasteiger charge is -2.44. The number of rotatable bonds is 11. The molecule has 19 nitrogen and oxygen atoms in total. The van der Waals surface area contributed by atoms with Crippen molar-refractivity contribution in [2.24, 2.45) is 21.6 Å². The smallest absolute Gasteiger partial charge is 0.362 e. The lowest BCUT2D eigenvalue weighted by Crippen LogP contribution is -2.73. The summed E-state index contributed by atoms with van der Waals surface area (Å²) in [6.45, 7) is 1.86. The van der Waals surface area contributed by atoms with Crippen molar-refractivity contribution in [1.82, 2.24) is 29.4 Å². The summed E-state index contributed by atoms with van der Waals surface area (Å²) in [5.41, 5.74) is 13.7. The van der Waals surface area contributed by atoms with Gasteiger partial charge in [0.15, 0.2) is 16.8 Å². The predicted octanol–water partition coefficient (Wildman–Crippen LogP) is -3.13. The second-order valence-electron chi connectivity index (χ2n) is 8.15. The number of thiazole rings is 1. The van der Waals surface area contributed by atoms with E-state index in [9.17, 15) is 32.5 Å². The number of nitrogens with one attached hydrogen (secondary N) is 1. The Hall–Kier alpha value is -4.37. The Morgan fingerprint density at radius 2 is 2.03 bits per heavy atom. The summed E-state index contributed by atoms with van der Waals surface area (Å²) in [6.07, 6.45) is 1.13. The number of carbonyl (C=O) groups is 3. The standard InChI is InChI=1S/C17H23N11O8S2/c1-17(2,14(31)32)36-26-10(7-5-37-16(20)24-7)12(29)25-11-8(28(13(11)30)38(33,34)35)4-27-9(22-6-23-27)3-21-15(18)19/h5-6,8,11H,3-4H2,1-2H3,(H2,20,24)(H,25,29)(H,31,32)(H4,18,19,21)(H,33,34,35). The van der Waals surface area contributed by atoms with E-state index in [1.165, 1.54) is 23.9 Å². The van der Waals surface area contributed by atoms with Gasteiger partial charge in [-0.1, -0.05) is 5.16 Å². The number of carboxylic acids is 1. The largest absolute Gasteiger partial charge is 0.478 e. The van der Waals surface area contributed by atoms with Crippen molar-refractivity contribution < 1.29 is 37.3 Å². The number of hydrogen-bond donors (Lipinski definition) is 6. The summed E-state index contributed by atoms with van der Waals surface area (Å²) >= 11 is 0.944. The number of anilines is 1. The highest BCUT2D eigenvalue weighted by Crippen LogP contribution is 2.26. The first-order valence-corrected chi connectivity index (χ1v) is 12.6. The second-order valence-corrected chi connectivity index (χ2v) is 10.3. The molecule has 3 rings (SSSR count).